The first-order chi connectivity index (χ1) is 13.1. The summed E-state index contributed by atoms with van der Waals surface area (Å²) in [6.07, 6.45) is 3.03. The molecule has 0 spiro atoms. The van der Waals surface area contributed by atoms with Gasteiger partial charge in [0.1, 0.15) is 0 Å². The largest absolute Gasteiger partial charge is 0.317 e. The number of nitrogens with zero attached hydrogens (tertiary/aromatic N) is 5. The first kappa shape index (κ1) is 17.7. The minimum atomic E-state index is -0.185. The number of rotatable bonds is 4. The van der Waals surface area contributed by atoms with Gasteiger partial charge in [0.05, 0.1) is 5.69 Å². The number of amides is 1. The summed E-state index contributed by atoms with van der Waals surface area (Å²) in [7, 11) is 1.81. The molecule has 142 valence electrons. The summed E-state index contributed by atoms with van der Waals surface area (Å²) < 4.78 is 1.64. The average Bonchev–Trinajstić information content (AvgIpc) is 3.29. The number of hydrazone groups is 1. The van der Waals surface area contributed by atoms with E-state index in [1.54, 1.807) is 4.68 Å². The van der Waals surface area contributed by atoms with Crippen LogP contribution >= 0.6 is 0 Å². The van der Waals surface area contributed by atoms with Crippen molar-refractivity contribution in [2.24, 2.45) is 12.1 Å². The Balaban J connectivity index is 1.43. The number of aromatic nitrogens is 3. The van der Waals surface area contributed by atoms with E-state index in [2.05, 4.69) is 25.8 Å². The highest BCUT2D eigenvalue weighted by Gasteiger charge is 2.21. The first-order valence-corrected chi connectivity index (χ1v) is 9.45. The van der Waals surface area contributed by atoms with Crippen LogP contribution in [-0.4, -0.2) is 46.0 Å². The van der Waals surface area contributed by atoms with Crippen molar-refractivity contribution in [1.82, 2.24) is 20.1 Å². The average molecular weight is 367 g/mol. The molecule has 2 aliphatic rings. The Morgan fingerprint density at radius 1 is 1.22 bits per heavy atom. The summed E-state index contributed by atoms with van der Waals surface area (Å²) in [5, 5.41) is 17.2. The van der Waals surface area contributed by atoms with Crippen LogP contribution in [0.2, 0.25) is 0 Å². The maximum atomic E-state index is 12.6. The molecule has 0 unspecified atom stereocenters. The molecule has 8 nitrogen and oxygen atoms in total. The van der Waals surface area contributed by atoms with E-state index in [0.717, 1.165) is 56.1 Å². The first-order valence-electron chi connectivity index (χ1n) is 9.45. The summed E-state index contributed by atoms with van der Waals surface area (Å²) in [6.45, 7) is 4.88. The lowest BCUT2D eigenvalue weighted by molar-refractivity contribution is 0.102. The quantitative estimate of drug-likeness (QED) is 0.864. The molecule has 2 aromatic rings. The van der Waals surface area contributed by atoms with E-state index in [1.165, 1.54) is 0 Å². The predicted molar refractivity (Wildman–Crippen MR) is 105 cm³/mol. The van der Waals surface area contributed by atoms with E-state index in [0.29, 0.717) is 17.4 Å². The molecule has 2 N–H and O–H groups in total. The highest BCUT2D eigenvalue weighted by Crippen LogP contribution is 2.24. The Hall–Kier alpha value is -2.74. The van der Waals surface area contributed by atoms with Crippen molar-refractivity contribution in [3.63, 3.8) is 0 Å². The third-order valence-electron chi connectivity index (χ3n) is 5.11. The van der Waals surface area contributed by atoms with Gasteiger partial charge in [0, 0.05) is 37.2 Å². The fourth-order valence-electron chi connectivity index (χ4n) is 3.49. The highest BCUT2D eigenvalue weighted by molar-refractivity contribution is 6.03. The van der Waals surface area contributed by atoms with Crippen LogP contribution in [0.15, 0.2) is 29.4 Å². The molecular weight excluding hydrogens is 342 g/mol. The molecule has 8 heteroatoms. The van der Waals surface area contributed by atoms with Gasteiger partial charge in [0.2, 0.25) is 5.95 Å². The van der Waals surface area contributed by atoms with Crippen molar-refractivity contribution in [1.29, 1.82) is 0 Å². The van der Waals surface area contributed by atoms with E-state index in [1.807, 2.05) is 43.2 Å². The minimum absolute atomic E-state index is 0.185. The molecule has 0 bridgehead atoms. The van der Waals surface area contributed by atoms with Crippen LogP contribution < -0.4 is 15.6 Å². The zero-order valence-electron chi connectivity index (χ0n) is 15.8. The van der Waals surface area contributed by atoms with Gasteiger partial charge in [-0.2, -0.15) is 15.2 Å². The topological polar surface area (TPSA) is 87.4 Å². The molecule has 1 saturated heterocycles. The second-order valence-corrected chi connectivity index (χ2v) is 7.15. The molecule has 1 fully saturated rings. The van der Waals surface area contributed by atoms with Gasteiger partial charge in [-0.05, 0) is 57.1 Å². The predicted octanol–water partition coefficient (Wildman–Crippen LogP) is 2.12. The lowest BCUT2D eigenvalue weighted by atomic mass is 9.98. The van der Waals surface area contributed by atoms with Gasteiger partial charge >= 0.3 is 0 Å². The summed E-state index contributed by atoms with van der Waals surface area (Å²) in [5.41, 5.74) is 2.71. The number of nitrogens with one attached hydrogen (secondary N) is 2. The second kappa shape index (κ2) is 7.48. The Morgan fingerprint density at radius 2 is 1.96 bits per heavy atom. The molecule has 1 aromatic carbocycles. The third kappa shape index (κ3) is 3.85. The Labute approximate surface area is 158 Å². The number of anilines is 2. The number of hydrogen-bond acceptors (Lipinski definition) is 6. The van der Waals surface area contributed by atoms with Gasteiger partial charge in [0.25, 0.3) is 5.91 Å². The third-order valence-corrected chi connectivity index (χ3v) is 5.11. The van der Waals surface area contributed by atoms with E-state index in [-0.39, 0.29) is 5.91 Å². The standard InChI is InChI=1S/C19H25N7O/c1-13-9-12-26(23-13)16-5-3-15(4-6-16)18(27)22-19-21-17(24-25(19)2)14-7-10-20-11-8-14/h3-6,14,20H,7-12H2,1-2H3,(H,21,22,24,27). The second-order valence-electron chi connectivity index (χ2n) is 7.15. The normalized spacial score (nSPS) is 17.9. The summed E-state index contributed by atoms with van der Waals surface area (Å²) in [4.78, 5) is 17.1. The van der Waals surface area contributed by atoms with E-state index in [9.17, 15) is 4.79 Å². The van der Waals surface area contributed by atoms with Crippen LogP contribution in [0.5, 0.6) is 0 Å². The van der Waals surface area contributed by atoms with Crippen molar-refractivity contribution in [2.45, 2.75) is 32.1 Å². The molecule has 27 heavy (non-hydrogen) atoms. The van der Waals surface area contributed by atoms with Crippen LogP contribution in [0.25, 0.3) is 0 Å². The van der Waals surface area contributed by atoms with Crippen molar-refractivity contribution in [3.8, 4) is 0 Å². The van der Waals surface area contributed by atoms with Crippen molar-refractivity contribution < 1.29 is 4.79 Å². The zero-order valence-corrected chi connectivity index (χ0v) is 15.8. The van der Waals surface area contributed by atoms with Gasteiger partial charge in [-0.1, -0.05) is 0 Å². The zero-order chi connectivity index (χ0) is 18.8. The molecule has 0 atom stereocenters. The van der Waals surface area contributed by atoms with Crippen LogP contribution in [-0.2, 0) is 7.05 Å². The molecule has 0 radical (unpaired) electrons. The SMILES string of the molecule is CC1=NN(c2ccc(C(=O)Nc3nc(C4CCNCC4)nn3C)cc2)CC1. The van der Waals surface area contributed by atoms with Crippen molar-refractivity contribution >= 4 is 23.3 Å². The van der Waals surface area contributed by atoms with E-state index >= 15 is 0 Å². The molecule has 0 aliphatic carbocycles. The Morgan fingerprint density at radius 3 is 2.63 bits per heavy atom. The van der Waals surface area contributed by atoms with Crippen LogP contribution in [0, 0.1) is 0 Å². The van der Waals surface area contributed by atoms with Gasteiger partial charge in [-0.25, -0.2) is 4.68 Å². The molecule has 1 amide bonds. The molecule has 0 saturated carbocycles. The van der Waals surface area contributed by atoms with Crippen molar-refractivity contribution in [3.05, 3.63) is 35.7 Å². The number of aryl methyl sites for hydroxylation is 1. The summed E-state index contributed by atoms with van der Waals surface area (Å²) in [5.74, 6) is 1.46. The smallest absolute Gasteiger partial charge is 0.258 e. The van der Waals surface area contributed by atoms with E-state index in [4.69, 9.17) is 0 Å². The summed E-state index contributed by atoms with van der Waals surface area (Å²) in [6, 6.07) is 7.48. The maximum absolute atomic E-state index is 12.6. The van der Waals surface area contributed by atoms with Gasteiger partial charge in [0.15, 0.2) is 5.82 Å². The van der Waals surface area contributed by atoms with Gasteiger partial charge < -0.3 is 5.32 Å². The molecule has 2 aliphatic heterocycles. The minimum Gasteiger partial charge on any atom is -0.317 e. The van der Waals surface area contributed by atoms with Crippen LogP contribution in [0.1, 0.15) is 48.3 Å². The number of hydrogen-bond donors (Lipinski definition) is 2. The summed E-state index contributed by atoms with van der Waals surface area (Å²) >= 11 is 0. The number of carbonyl (C=O) groups excluding carboxylic acids is 1. The highest BCUT2D eigenvalue weighted by atomic mass is 16.1. The van der Waals surface area contributed by atoms with Gasteiger partial charge in [-0.3, -0.25) is 15.1 Å². The Kier molecular flexibility index (Phi) is 4.89. The number of piperidine rings is 1. The maximum Gasteiger partial charge on any atom is 0.258 e. The lowest BCUT2D eigenvalue weighted by Crippen LogP contribution is -2.27. The Bertz CT molecular complexity index is 849. The van der Waals surface area contributed by atoms with Gasteiger partial charge in [-0.15, -0.1) is 0 Å². The van der Waals surface area contributed by atoms with E-state index < -0.39 is 0 Å². The lowest BCUT2D eigenvalue weighted by Gasteiger charge is -2.19. The fourth-order valence-corrected chi connectivity index (χ4v) is 3.49. The number of carbonyl (C=O) groups is 1. The number of benzene rings is 1. The molecule has 1 aromatic heterocycles. The van der Waals surface area contributed by atoms with Crippen molar-refractivity contribution in [2.75, 3.05) is 30.0 Å². The monoisotopic (exact) mass is 367 g/mol. The van der Waals surface area contributed by atoms with Crippen LogP contribution in [0.3, 0.4) is 0 Å². The molecular formula is C19H25N7O. The molecule has 3 heterocycles. The fraction of sp³-hybridized carbons (Fsp3) is 0.474. The molecule has 4 rings (SSSR count). The van der Waals surface area contributed by atoms with Crippen LogP contribution in [0.4, 0.5) is 11.6 Å².